The van der Waals surface area contributed by atoms with E-state index in [4.69, 9.17) is 23.7 Å². The summed E-state index contributed by atoms with van der Waals surface area (Å²) >= 11 is 0. The number of hydrogen-bond acceptors (Lipinski definition) is 9. The van der Waals surface area contributed by atoms with Crippen LogP contribution < -0.4 is 0 Å². The van der Waals surface area contributed by atoms with Crippen molar-refractivity contribution in [3.8, 4) is 0 Å². The number of aliphatic hydroxyl groups excluding tert-OH is 2. The molecule has 11 heteroatoms. The van der Waals surface area contributed by atoms with Crippen LogP contribution >= 0.6 is 0 Å². The third-order valence-electron chi connectivity index (χ3n) is 4.19. The second-order valence-electron chi connectivity index (χ2n) is 6.76. The van der Waals surface area contributed by atoms with Gasteiger partial charge in [0.25, 0.3) is 0 Å². The van der Waals surface area contributed by atoms with Gasteiger partial charge in [0.05, 0.1) is 44.0 Å². The Balaban J connectivity index is 3.43. The van der Waals surface area contributed by atoms with Gasteiger partial charge in [-0.3, -0.25) is 0 Å². The van der Waals surface area contributed by atoms with Gasteiger partial charge in [-0.2, -0.15) is 0 Å². The standard InChI is InChI=1S/C18H36O9Si2/c1-15(19)28(3)13-5-7-24-17(21)26-11-9-23-10-12-27-18(22)25-8-6-14-29(4)16(2)20/h15-16,19-20H,5-14H2,1-4H3. The highest BCUT2D eigenvalue weighted by Gasteiger charge is 2.12. The van der Waals surface area contributed by atoms with Crippen LogP contribution in [0.5, 0.6) is 0 Å². The number of aliphatic hydroxyl groups is 2. The lowest BCUT2D eigenvalue weighted by Gasteiger charge is -2.12. The number of rotatable bonds is 16. The van der Waals surface area contributed by atoms with E-state index in [9.17, 15) is 19.8 Å². The SMILES string of the molecule is CC(O)[Si](C)CCCOC(=O)OCCOCCOC(=O)OCCC[Si](C)C(C)O. The average molecular weight is 453 g/mol. The van der Waals surface area contributed by atoms with Crippen molar-refractivity contribution in [2.75, 3.05) is 39.6 Å². The largest absolute Gasteiger partial charge is 0.508 e. The Hall–Kier alpha value is -1.15. The van der Waals surface area contributed by atoms with Gasteiger partial charge in [-0.25, -0.2) is 9.59 Å². The lowest BCUT2D eigenvalue weighted by atomic mass is 10.5. The summed E-state index contributed by atoms with van der Waals surface area (Å²) in [6.07, 6.45) is -0.0871. The van der Waals surface area contributed by atoms with Crippen molar-refractivity contribution in [1.82, 2.24) is 0 Å². The molecule has 0 aliphatic rings. The summed E-state index contributed by atoms with van der Waals surface area (Å²) in [5.74, 6) is 0. The Morgan fingerprint density at radius 3 is 1.38 bits per heavy atom. The summed E-state index contributed by atoms with van der Waals surface area (Å²) in [5, 5.41) is 18.8. The summed E-state index contributed by atoms with van der Waals surface area (Å²) in [4.78, 5) is 22.7. The lowest BCUT2D eigenvalue weighted by Crippen LogP contribution is -2.24. The fraction of sp³-hybridized carbons (Fsp3) is 0.889. The fourth-order valence-electron chi connectivity index (χ4n) is 1.98. The van der Waals surface area contributed by atoms with Crippen LogP contribution in [-0.2, 0) is 23.7 Å². The number of ether oxygens (including phenoxy) is 5. The van der Waals surface area contributed by atoms with E-state index < -0.39 is 29.9 Å². The van der Waals surface area contributed by atoms with Crippen molar-refractivity contribution >= 4 is 29.9 Å². The molecule has 0 amide bonds. The van der Waals surface area contributed by atoms with E-state index in [1.807, 2.05) is 13.1 Å². The van der Waals surface area contributed by atoms with E-state index in [-0.39, 0.29) is 51.1 Å². The van der Waals surface area contributed by atoms with Crippen LogP contribution in [-0.4, -0.2) is 91.2 Å². The molecule has 0 aliphatic heterocycles. The Morgan fingerprint density at radius 1 is 0.690 bits per heavy atom. The van der Waals surface area contributed by atoms with E-state index in [2.05, 4.69) is 0 Å². The van der Waals surface area contributed by atoms with Gasteiger partial charge >= 0.3 is 12.3 Å². The minimum absolute atomic E-state index is 0.0457. The zero-order valence-electron chi connectivity index (χ0n) is 18.0. The van der Waals surface area contributed by atoms with Crippen molar-refractivity contribution in [3.63, 3.8) is 0 Å². The van der Waals surface area contributed by atoms with Crippen LogP contribution in [0.4, 0.5) is 9.59 Å². The van der Waals surface area contributed by atoms with E-state index in [1.165, 1.54) is 0 Å². The molecule has 2 unspecified atom stereocenters. The fourth-order valence-corrected chi connectivity index (χ4v) is 4.22. The smallest absolute Gasteiger partial charge is 0.434 e. The van der Waals surface area contributed by atoms with Gasteiger partial charge in [0.15, 0.2) is 0 Å². The first kappa shape index (κ1) is 27.9. The molecule has 0 fully saturated rings. The van der Waals surface area contributed by atoms with Crippen molar-refractivity contribution in [2.24, 2.45) is 0 Å². The number of hydrogen-bond donors (Lipinski definition) is 2. The third-order valence-corrected chi connectivity index (χ3v) is 9.33. The molecule has 2 radical (unpaired) electrons. The van der Waals surface area contributed by atoms with Crippen molar-refractivity contribution < 1.29 is 43.5 Å². The topological polar surface area (TPSA) is 121 Å². The van der Waals surface area contributed by atoms with Crippen molar-refractivity contribution in [2.45, 2.75) is 63.3 Å². The maximum atomic E-state index is 11.4. The first-order valence-electron chi connectivity index (χ1n) is 9.91. The molecular formula is C18H36O9Si2. The first-order valence-corrected chi connectivity index (χ1v) is 14.5. The second-order valence-corrected chi connectivity index (χ2v) is 12.8. The molecule has 0 spiro atoms. The molecule has 2 atom stereocenters. The zero-order valence-corrected chi connectivity index (χ0v) is 20.0. The van der Waals surface area contributed by atoms with Gasteiger partial charge in [-0.1, -0.05) is 25.2 Å². The van der Waals surface area contributed by atoms with Gasteiger partial charge in [0.2, 0.25) is 0 Å². The van der Waals surface area contributed by atoms with Gasteiger partial charge in [0.1, 0.15) is 13.2 Å². The molecule has 29 heavy (non-hydrogen) atoms. The van der Waals surface area contributed by atoms with Crippen LogP contribution in [0, 0.1) is 0 Å². The molecule has 0 aromatic carbocycles. The normalized spacial score (nSPS) is 13.2. The molecule has 0 aromatic heterocycles. The van der Waals surface area contributed by atoms with Crippen LogP contribution in [0.2, 0.25) is 25.2 Å². The maximum absolute atomic E-state index is 11.4. The van der Waals surface area contributed by atoms with Crippen LogP contribution in [0.1, 0.15) is 26.7 Å². The lowest BCUT2D eigenvalue weighted by molar-refractivity contribution is 0.00624. The predicted molar refractivity (Wildman–Crippen MR) is 111 cm³/mol. The van der Waals surface area contributed by atoms with Crippen LogP contribution in [0.3, 0.4) is 0 Å². The minimum atomic E-state index is -0.802. The average Bonchev–Trinajstić information content (AvgIpc) is 2.67. The van der Waals surface area contributed by atoms with Crippen LogP contribution in [0.15, 0.2) is 0 Å². The summed E-state index contributed by atoms with van der Waals surface area (Å²) < 4.78 is 24.7. The third kappa shape index (κ3) is 17.4. The quantitative estimate of drug-likeness (QED) is 0.206. The molecule has 2 N–H and O–H groups in total. The molecule has 0 bridgehead atoms. The summed E-state index contributed by atoms with van der Waals surface area (Å²) in [5.41, 5.74) is -0.554. The van der Waals surface area contributed by atoms with E-state index in [0.29, 0.717) is 12.8 Å². The Kier molecular flexibility index (Phi) is 17.0. The zero-order chi connectivity index (χ0) is 22.1. The summed E-state index contributed by atoms with van der Waals surface area (Å²) in [6, 6.07) is 1.73. The first-order chi connectivity index (χ1) is 13.7. The van der Waals surface area contributed by atoms with Gasteiger partial charge in [0, 0.05) is 11.5 Å². The molecule has 0 saturated heterocycles. The Bertz CT molecular complexity index is 398. The molecule has 0 rings (SSSR count). The number of carbonyl (C=O) groups is 2. The number of carbonyl (C=O) groups excluding carboxylic acids is 2. The van der Waals surface area contributed by atoms with E-state index in [1.54, 1.807) is 13.8 Å². The highest BCUT2D eigenvalue weighted by molar-refractivity contribution is 6.58. The molecular weight excluding hydrogens is 416 g/mol. The molecule has 0 heterocycles. The molecule has 9 nitrogen and oxygen atoms in total. The molecule has 170 valence electrons. The Labute approximate surface area is 176 Å². The van der Waals surface area contributed by atoms with Gasteiger partial charge < -0.3 is 33.9 Å². The highest BCUT2D eigenvalue weighted by atomic mass is 28.3. The van der Waals surface area contributed by atoms with E-state index >= 15 is 0 Å². The van der Waals surface area contributed by atoms with Crippen molar-refractivity contribution in [1.29, 1.82) is 0 Å². The second kappa shape index (κ2) is 17.7. The predicted octanol–water partition coefficient (Wildman–Crippen LogP) is 2.18. The van der Waals surface area contributed by atoms with E-state index in [0.717, 1.165) is 12.1 Å². The molecule has 0 saturated carbocycles. The van der Waals surface area contributed by atoms with Crippen molar-refractivity contribution in [3.05, 3.63) is 0 Å². The minimum Gasteiger partial charge on any atom is -0.434 e. The monoisotopic (exact) mass is 452 g/mol. The van der Waals surface area contributed by atoms with Gasteiger partial charge in [-0.05, 0) is 26.7 Å². The molecule has 0 aliphatic carbocycles. The Morgan fingerprint density at radius 2 is 1.03 bits per heavy atom. The van der Waals surface area contributed by atoms with Crippen LogP contribution in [0.25, 0.3) is 0 Å². The summed E-state index contributed by atoms with van der Waals surface area (Å²) in [6.45, 7) is 8.59. The maximum Gasteiger partial charge on any atom is 0.508 e. The van der Waals surface area contributed by atoms with Gasteiger partial charge in [-0.15, -0.1) is 0 Å². The molecule has 0 aromatic rings. The highest BCUT2D eigenvalue weighted by Crippen LogP contribution is 2.04. The summed E-state index contributed by atoms with van der Waals surface area (Å²) in [7, 11) is -1.60.